The zero-order valence-corrected chi connectivity index (χ0v) is 15.4. The van der Waals surface area contributed by atoms with Crippen molar-refractivity contribution in [3.8, 4) is 11.1 Å². The van der Waals surface area contributed by atoms with E-state index < -0.39 is 0 Å². The molecule has 4 rings (SSSR count). The second kappa shape index (κ2) is 7.08. The van der Waals surface area contributed by atoms with E-state index in [9.17, 15) is 4.79 Å². The molecule has 0 fully saturated rings. The summed E-state index contributed by atoms with van der Waals surface area (Å²) >= 11 is 0. The lowest BCUT2D eigenvalue weighted by Crippen LogP contribution is -2.24. The van der Waals surface area contributed by atoms with Gasteiger partial charge in [0.2, 0.25) is 0 Å². The molecule has 0 radical (unpaired) electrons. The molecule has 0 saturated carbocycles. The van der Waals surface area contributed by atoms with Crippen LogP contribution in [0.3, 0.4) is 0 Å². The fraction of sp³-hybridized carbons (Fsp3) is 0.130. The molecule has 1 N–H and O–H groups in total. The lowest BCUT2D eigenvalue weighted by Gasteiger charge is -2.08. The van der Waals surface area contributed by atoms with Crippen molar-refractivity contribution >= 4 is 11.6 Å². The standard InChI is InChI=1S/C23H21N3O/c1-16-12-13-26-21(14-16)25-17(2)22(26)23(27)24-15-18-8-10-20(11-9-18)19-6-4-3-5-7-19/h3-14H,15H2,1-2H3,(H,24,27). The zero-order valence-electron chi connectivity index (χ0n) is 15.4. The van der Waals surface area contributed by atoms with E-state index in [4.69, 9.17) is 0 Å². The number of aromatic nitrogens is 2. The van der Waals surface area contributed by atoms with E-state index in [1.165, 1.54) is 11.1 Å². The normalized spacial score (nSPS) is 10.9. The Bertz CT molecular complexity index is 1100. The zero-order chi connectivity index (χ0) is 18.8. The number of aryl methyl sites for hydroxylation is 2. The summed E-state index contributed by atoms with van der Waals surface area (Å²) in [7, 11) is 0. The Kier molecular flexibility index (Phi) is 4.47. The summed E-state index contributed by atoms with van der Waals surface area (Å²) in [5, 5.41) is 3.01. The van der Waals surface area contributed by atoms with Crippen LogP contribution in [0.5, 0.6) is 0 Å². The minimum absolute atomic E-state index is 0.115. The third-order valence-corrected chi connectivity index (χ3v) is 4.69. The van der Waals surface area contributed by atoms with Gasteiger partial charge in [0.25, 0.3) is 5.91 Å². The maximum Gasteiger partial charge on any atom is 0.270 e. The lowest BCUT2D eigenvalue weighted by molar-refractivity contribution is 0.0944. The van der Waals surface area contributed by atoms with Gasteiger partial charge >= 0.3 is 0 Å². The molecular formula is C23H21N3O. The van der Waals surface area contributed by atoms with Gasteiger partial charge in [-0.05, 0) is 48.2 Å². The predicted molar refractivity (Wildman–Crippen MR) is 108 cm³/mol. The SMILES string of the molecule is Cc1ccn2c(C(=O)NCc3ccc(-c4ccccc4)cc3)c(C)nc2c1. The van der Waals surface area contributed by atoms with Crippen molar-refractivity contribution < 1.29 is 4.79 Å². The van der Waals surface area contributed by atoms with Crippen LogP contribution in [0.25, 0.3) is 16.8 Å². The van der Waals surface area contributed by atoms with Gasteiger partial charge in [0.1, 0.15) is 11.3 Å². The van der Waals surface area contributed by atoms with Gasteiger partial charge in [0.05, 0.1) is 5.69 Å². The number of benzene rings is 2. The molecule has 0 spiro atoms. The smallest absolute Gasteiger partial charge is 0.270 e. The van der Waals surface area contributed by atoms with Crippen molar-refractivity contribution in [3.05, 3.63) is 95.4 Å². The molecule has 2 heterocycles. The van der Waals surface area contributed by atoms with Crippen molar-refractivity contribution in [3.63, 3.8) is 0 Å². The maximum atomic E-state index is 12.7. The molecular weight excluding hydrogens is 334 g/mol. The van der Waals surface area contributed by atoms with Gasteiger partial charge < -0.3 is 5.32 Å². The fourth-order valence-corrected chi connectivity index (χ4v) is 3.25. The molecule has 2 aromatic heterocycles. The Balaban J connectivity index is 1.49. The van der Waals surface area contributed by atoms with E-state index in [0.717, 1.165) is 22.5 Å². The summed E-state index contributed by atoms with van der Waals surface area (Å²) in [4.78, 5) is 17.2. The van der Waals surface area contributed by atoms with Crippen LogP contribution in [-0.2, 0) is 6.54 Å². The molecule has 0 unspecified atom stereocenters. The molecule has 0 bridgehead atoms. The average Bonchev–Trinajstić information content (AvgIpc) is 3.02. The van der Waals surface area contributed by atoms with Crippen LogP contribution in [0.2, 0.25) is 0 Å². The van der Waals surface area contributed by atoms with E-state index in [0.29, 0.717) is 12.2 Å². The Morgan fingerprint density at radius 2 is 1.67 bits per heavy atom. The highest BCUT2D eigenvalue weighted by Crippen LogP contribution is 2.19. The Labute approximate surface area is 158 Å². The maximum absolute atomic E-state index is 12.7. The summed E-state index contributed by atoms with van der Waals surface area (Å²) in [5.41, 5.74) is 6.65. The van der Waals surface area contributed by atoms with Crippen LogP contribution in [0.15, 0.2) is 72.9 Å². The van der Waals surface area contributed by atoms with Gasteiger partial charge in [-0.3, -0.25) is 9.20 Å². The Morgan fingerprint density at radius 1 is 0.963 bits per heavy atom. The number of nitrogens with zero attached hydrogens (tertiary/aromatic N) is 2. The Morgan fingerprint density at radius 3 is 2.41 bits per heavy atom. The summed E-state index contributed by atoms with van der Waals surface area (Å²) < 4.78 is 1.84. The highest BCUT2D eigenvalue weighted by Gasteiger charge is 2.16. The van der Waals surface area contributed by atoms with Crippen LogP contribution in [0, 0.1) is 13.8 Å². The van der Waals surface area contributed by atoms with Gasteiger partial charge in [-0.15, -0.1) is 0 Å². The van der Waals surface area contributed by atoms with Gasteiger partial charge in [-0.1, -0.05) is 54.6 Å². The molecule has 2 aromatic carbocycles. The number of fused-ring (bicyclic) bond motifs is 1. The van der Waals surface area contributed by atoms with Crippen molar-refractivity contribution in [1.82, 2.24) is 14.7 Å². The molecule has 0 aliphatic carbocycles. The van der Waals surface area contributed by atoms with Crippen molar-refractivity contribution in [2.45, 2.75) is 20.4 Å². The number of rotatable bonds is 4. The van der Waals surface area contributed by atoms with Crippen LogP contribution < -0.4 is 5.32 Å². The highest BCUT2D eigenvalue weighted by atomic mass is 16.1. The molecule has 0 saturated heterocycles. The molecule has 4 heteroatoms. The molecule has 4 nitrogen and oxygen atoms in total. The third-order valence-electron chi connectivity index (χ3n) is 4.69. The molecule has 0 aliphatic heterocycles. The number of imidazole rings is 1. The van der Waals surface area contributed by atoms with Gasteiger partial charge in [-0.2, -0.15) is 0 Å². The quantitative estimate of drug-likeness (QED) is 0.584. The van der Waals surface area contributed by atoms with Gasteiger partial charge in [0, 0.05) is 12.7 Å². The number of hydrogen-bond acceptors (Lipinski definition) is 2. The molecule has 4 aromatic rings. The lowest BCUT2D eigenvalue weighted by atomic mass is 10.0. The van der Waals surface area contributed by atoms with Gasteiger partial charge in [-0.25, -0.2) is 4.98 Å². The number of nitrogens with one attached hydrogen (secondary N) is 1. The van der Waals surface area contributed by atoms with Crippen molar-refractivity contribution in [2.24, 2.45) is 0 Å². The highest BCUT2D eigenvalue weighted by molar-refractivity contribution is 5.94. The largest absolute Gasteiger partial charge is 0.347 e. The number of pyridine rings is 1. The van der Waals surface area contributed by atoms with E-state index in [-0.39, 0.29) is 5.91 Å². The van der Waals surface area contributed by atoms with E-state index >= 15 is 0 Å². The number of carbonyl (C=O) groups excluding carboxylic acids is 1. The first-order valence-electron chi connectivity index (χ1n) is 9.00. The monoisotopic (exact) mass is 355 g/mol. The molecule has 27 heavy (non-hydrogen) atoms. The first-order chi connectivity index (χ1) is 13.1. The van der Waals surface area contributed by atoms with Crippen molar-refractivity contribution in [1.29, 1.82) is 0 Å². The Hall–Kier alpha value is -3.40. The first kappa shape index (κ1) is 17.0. The molecule has 134 valence electrons. The van der Waals surface area contributed by atoms with Crippen molar-refractivity contribution in [2.75, 3.05) is 0 Å². The minimum Gasteiger partial charge on any atom is -0.347 e. The van der Waals surface area contributed by atoms with E-state index in [2.05, 4.69) is 34.6 Å². The van der Waals surface area contributed by atoms with Crippen LogP contribution in [0.1, 0.15) is 27.3 Å². The molecule has 0 aliphatic rings. The fourth-order valence-electron chi connectivity index (χ4n) is 3.25. The number of amides is 1. The first-order valence-corrected chi connectivity index (χ1v) is 9.00. The van der Waals surface area contributed by atoms with Gasteiger partial charge in [0.15, 0.2) is 0 Å². The van der Waals surface area contributed by atoms with E-state index in [1.54, 1.807) is 0 Å². The second-order valence-electron chi connectivity index (χ2n) is 6.72. The number of hydrogen-bond donors (Lipinski definition) is 1. The topological polar surface area (TPSA) is 46.4 Å². The summed E-state index contributed by atoms with van der Waals surface area (Å²) in [6.45, 7) is 4.36. The number of carbonyl (C=O) groups is 1. The predicted octanol–water partition coefficient (Wildman–Crippen LogP) is 4.55. The third kappa shape index (κ3) is 3.47. The average molecular weight is 355 g/mol. The minimum atomic E-state index is -0.115. The summed E-state index contributed by atoms with van der Waals surface area (Å²) in [6.07, 6.45) is 1.90. The van der Waals surface area contributed by atoms with Crippen LogP contribution >= 0.6 is 0 Å². The molecule has 0 atom stereocenters. The second-order valence-corrected chi connectivity index (χ2v) is 6.72. The summed E-state index contributed by atoms with van der Waals surface area (Å²) in [6, 6.07) is 22.5. The van der Waals surface area contributed by atoms with Crippen LogP contribution in [-0.4, -0.2) is 15.3 Å². The van der Waals surface area contributed by atoms with Crippen LogP contribution in [0.4, 0.5) is 0 Å². The van der Waals surface area contributed by atoms with E-state index in [1.807, 2.05) is 66.9 Å². The summed E-state index contributed by atoms with van der Waals surface area (Å²) in [5.74, 6) is -0.115. The molecule has 1 amide bonds.